The van der Waals surface area contributed by atoms with Gasteiger partial charge in [0.15, 0.2) is 0 Å². The largest absolute Gasteiger partial charge is 0.481 e. The molecular weight excluding hydrogens is 168 g/mol. The Kier molecular flexibility index (Phi) is 3.31. The van der Waals surface area contributed by atoms with Crippen LogP contribution in [0.1, 0.15) is 33.1 Å². The molecule has 3 heteroatoms. The van der Waals surface area contributed by atoms with Crippen molar-refractivity contribution in [3.8, 4) is 0 Å². The molecule has 0 aromatic carbocycles. The van der Waals surface area contributed by atoms with Gasteiger partial charge in [0, 0.05) is 13.2 Å². The van der Waals surface area contributed by atoms with Gasteiger partial charge in [-0.1, -0.05) is 20.3 Å². The molecule has 3 nitrogen and oxygen atoms in total. The minimum atomic E-state index is -0.648. The second-order valence-corrected chi connectivity index (χ2v) is 3.88. The van der Waals surface area contributed by atoms with Crippen LogP contribution >= 0.6 is 0 Å². The quantitative estimate of drug-likeness (QED) is 0.732. The zero-order valence-corrected chi connectivity index (χ0v) is 8.38. The molecule has 0 bridgehead atoms. The summed E-state index contributed by atoms with van der Waals surface area (Å²) in [4.78, 5) is 11.2. The summed E-state index contributed by atoms with van der Waals surface area (Å²) >= 11 is 0. The van der Waals surface area contributed by atoms with Crippen LogP contribution in [-0.4, -0.2) is 24.3 Å². The van der Waals surface area contributed by atoms with E-state index in [1.807, 2.05) is 13.8 Å². The van der Waals surface area contributed by atoms with Crippen molar-refractivity contribution in [2.24, 2.45) is 11.3 Å². The predicted octanol–water partition coefficient (Wildman–Crippen LogP) is 1.91. The fraction of sp³-hybridized carbons (Fsp3) is 0.900. The van der Waals surface area contributed by atoms with Crippen molar-refractivity contribution in [2.45, 2.75) is 33.1 Å². The number of carboxylic acids is 1. The third-order valence-corrected chi connectivity index (χ3v) is 3.37. The Labute approximate surface area is 79.1 Å². The fourth-order valence-electron chi connectivity index (χ4n) is 2.04. The van der Waals surface area contributed by atoms with Gasteiger partial charge in [0.1, 0.15) is 0 Å². The lowest BCUT2D eigenvalue weighted by Gasteiger charge is -2.37. The van der Waals surface area contributed by atoms with Gasteiger partial charge in [0.2, 0.25) is 0 Å². The maximum absolute atomic E-state index is 11.2. The van der Waals surface area contributed by atoms with Crippen molar-refractivity contribution in [1.29, 1.82) is 0 Å². The van der Waals surface area contributed by atoms with Crippen molar-refractivity contribution < 1.29 is 14.6 Å². The third-order valence-electron chi connectivity index (χ3n) is 3.37. The fourth-order valence-corrected chi connectivity index (χ4v) is 2.04. The molecule has 1 heterocycles. The maximum atomic E-state index is 11.2. The van der Waals surface area contributed by atoms with Crippen molar-refractivity contribution >= 4 is 5.97 Å². The highest BCUT2D eigenvalue weighted by molar-refractivity contribution is 5.75. The van der Waals surface area contributed by atoms with E-state index >= 15 is 0 Å². The van der Waals surface area contributed by atoms with E-state index in [9.17, 15) is 9.90 Å². The molecule has 1 unspecified atom stereocenters. The average molecular weight is 186 g/mol. The van der Waals surface area contributed by atoms with E-state index in [2.05, 4.69) is 0 Å². The number of carboxylic acid groups (broad SMARTS) is 1. The lowest BCUT2D eigenvalue weighted by atomic mass is 9.69. The van der Waals surface area contributed by atoms with Gasteiger partial charge in [-0.05, 0) is 18.8 Å². The van der Waals surface area contributed by atoms with Crippen LogP contribution in [0.15, 0.2) is 0 Å². The molecule has 1 fully saturated rings. The zero-order chi connectivity index (χ0) is 9.90. The van der Waals surface area contributed by atoms with Crippen LogP contribution in [0.4, 0.5) is 0 Å². The van der Waals surface area contributed by atoms with E-state index in [0.29, 0.717) is 26.1 Å². The van der Waals surface area contributed by atoms with Crippen LogP contribution in [0.25, 0.3) is 0 Å². The van der Waals surface area contributed by atoms with Crippen LogP contribution in [0.5, 0.6) is 0 Å². The Morgan fingerprint density at radius 1 is 1.54 bits per heavy atom. The zero-order valence-electron chi connectivity index (χ0n) is 8.38. The van der Waals surface area contributed by atoms with Crippen molar-refractivity contribution in [1.82, 2.24) is 0 Å². The lowest BCUT2D eigenvalue weighted by Crippen LogP contribution is -2.42. The van der Waals surface area contributed by atoms with E-state index in [-0.39, 0.29) is 5.92 Å². The van der Waals surface area contributed by atoms with Crippen LogP contribution in [0.3, 0.4) is 0 Å². The lowest BCUT2D eigenvalue weighted by molar-refractivity contribution is -0.159. The highest BCUT2D eigenvalue weighted by atomic mass is 16.5. The molecule has 0 spiro atoms. The van der Waals surface area contributed by atoms with Gasteiger partial charge in [-0.3, -0.25) is 4.79 Å². The van der Waals surface area contributed by atoms with E-state index in [1.54, 1.807) is 0 Å². The smallest absolute Gasteiger partial charge is 0.310 e. The van der Waals surface area contributed by atoms with Gasteiger partial charge >= 0.3 is 5.97 Å². The van der Waals surface area contributed by atoms with Crippen molar-refractivity contribution in [3.63, 3.8) is 0 Å². The molecule has 0 aromatic rings. The summed E-state index contributed by atoms with van der Waals surface area (Å²) in [5.41, 5.74) is -0.521. The highest BCUT2D eigenvalue weighted by Crippen LogP contribution is 2.39. The molecule has 1 saturated heterocycles. The summed E-state index contributed by atoms with van der Waals surface area (Å²) in [6.07, 6.45) is 2.25. The Morgan fingerprint density at radius 3 is 2.46 bits per heavy atom. The SMILES string of the molecule is CCC(C)C1(C(=O)O)CCOCC1. The minimum absolute atomic E-state index is 0.244. The molecular formula is C10H18O3. The molecule has 0 aliphatic carbocycles. The number of hydrogen-bond acceptors (Lipinski definition) is 2. The molecule has 13 heavy (non-hydrogen) atoms. The van der Waals surface area contributed by atoms with Crippen molar-refractivity contribution in [2.75, 3.05) is 13.2 Å². The first-order valence-electron chi connectivity index (χ1n) is 4.94. The normalized spacial score (nSPS) is 23.8. The molecule has 1 rings (SSSR count). The summed E-state index contributed by atoms with van der Waals surface area (Å²) < 4.78 is 5.21. The second kappa shape index (κ2) is 4.09. The molecule has 0 amide bonds. The summed E-state index contributed by atoms with van der Waals surface area (Å²) in [7, 11) is 0. The second-order valence-electron chi connectivity index (χ2n) is 3.88. The van der Waals surface area contributed by atoms with Gasteiger partial charge in [-0.2, -0.15) is 0 Å². The Bertz CT molecular complexity index is 183. The molecule has 1 aliphatic heterocycles. The van der Waals surface area contributed by atoms with Crippen LogP contribution in [0.2, 0.25) is 0 Å². The van der Waals surface area contributed by atoms with Gasteiger partial charge < -0.3 is 9.84 Å². The van der Waals surface area contributed by atoms with E-state index < -0.39 is 11.4 Å². The highest BCUT2D eigenvalue weighted by Gasteiger charge is 2.43. The number of aliphatic carboxylic acids is 1. The Balaban J connectivity index is 2.78. The Morgan fingerprint density at radius 2 is 2.08 bits per heavy atom. The first-order valence-corrected chi connectivity index (χ1v) is 4.94. The first-order chi connectivity index (χ1) is 6.13. The maximum Gasteiger partial charge on any atom is 0.310 e. The van der Waals surface area contributed by atoms with E-state index in [4.69, 9.17) is 4.74 Å². The monoisotopic (exact) mass is 186 g/mol. The molecule has 0 saturated carbocycles. The van der Waals surface area contributed by atoms with Crippen molar-refractivity contribution in [3.05, 3.63) is 0 Å². The summed E-state index contributed by atoms with van der Waals surface area (Å²) in [5.74, 6) is -0.404. The topological polar surface area (TPSA) is 46.5 Å². The van der Waals surface area contributed by atoms with Crippen LogP contribution in [0, 0.1) is 11.3 Å². The average Bonchev–Trinajstić information content (AvgIpc) is 2.17. The minimum Gasteiger partial charge on any atom is -0.481 e. The number of ether oxygens (including phenoxy) is 1. The summed E-state index contributed by atoms with van der Waals surface area (Å²) in [5, 5.41) is 9.23. The molecule has 76 valence electrons. The molecule has 0 aromatic heterocycles. The standard InChI is InChI=1S/C10H18O3/c1-3-8(2)10(9(11)12)4-6-13-7-5-10/h8H,3-7H2,1-2H3,(H,11,12). The Hall–Kier alpha value is -0.570. The predicted molar refractivity (Wildman–Crippen MR) is 49.6 cm³/mol. The molecule has 1 atom stereocenters. The number of hydrogen-bond donors (Lipinski definition) is 1. The van der Waals surface area contributed by atoms with Gasteiger partial charge in [-0.15, -0.1) is 0 Å². The summed E-state index contributed by atoms with van der Waals surface area (Å²) in [6.45, 7) is 5.26. The van der Waals surface area contributed by atoms with Gasteiger partial charge in [0.05, 0.1) is 5.41 Å². The molecule has 1 aliphatic rings. The molecule has 0 radical (unpaired) electrons. The summed E-state index contributed by atoms with van der Waals surface area (Å²) in [6, 6.07) is 0. The van der Waals surface area contributed by atoms with Gasteiger partial charge in [-0.25, -0.2) is 0 Å². The first kappa shape index (κ1) is 10.5. The van der Waals surface area contributed by atoms with E-state index in [1.165, 1.54) is 0 Å². The van der Waals surface area contributed by atoms with E-state index in [0.717, 1.165) is 6.42 Å². The van der Waals surface area contributed by atoms with Crippen LogP contribution in [-0.2, 0) is 9.53 Å². The third kappa shape index (κ3) is 1.85. The molecule has 1 N–H and O–H groups in total. The number of carbonyl (C=O) groups is 1. The van der Waals surface area contributed by atoms with Crippen LogP contribution < -0.4 is 0 Å². The number of rotatable bonds is 3. The van der Waals surface area contributed by atoms with Gasteiger partial charge in [0.25, 0.3) is 0 Å².